The number of aromatic nitrogens is 2. The van der Waals surface area contributed by atoms with E-state index in [1.807, 2.05) is 43.9 Å². The molecule has 1 aromatic heterocycles. The van der Waals surface area contributed by atoms with Gasteiger partial charge >= 0.3 is 6.09 Å². The predicted molar refractivity (Wildman–Crippen MR) is 171 cm³/mol. The lowest BCUT2D eigenvalue weighted by atomic mass is 9.88. The molecule has 1 fully saturated rings. The quantitative estimate of drug-likeness (QED) is 0.231. The Morgan fingerprint density at radius 1 is 1.16 bits per heavy atom. The molecule has 0 spiro atoms. The van der Waals surface area contributed by atoms with E-state index in [9.17, 15) is 14.9 Å². The molecule has 2 amide bonds. The number of carbonyl (C=O) groups is 2. The van der Waals surface area contributed by atoms with Crippen LogP contribution in [0.3, 0.4) is 0 Å². The molecule has 4 rings (SSSR count). The summed E-state index contributed by atoms with van der Waals surface area (Å²) in [6.07, 6.45) is 10.5. The molecule has 1 N–H and O–H groups in total. The van der Waals surface area contributed by atoms with E-state index in [1.54, 1.807) is 10.8 Å². The largest absolute Gasteiger partial charge is 0.444 e. The Hall–Kier alpha value is -3.42. The third kappa shape index (κ3) is 9.04. The smallest absolute Gasteiger partial charge is 0.410 e. The fourth-order valence-corrected chi connectivity index (χ4v) is 6.27. The molecular formula is C33H47N5O4Si. The van der Waals surface area contributed by atoms with Gasteiger partial charge in [-0.1, -0.05) is 31.8 Å². The van der Waals surface area contributed by atoms with Crippen LogP contribution in [0.1, 0.15) is 99.2 Å². The first-order valence-electron chi connectivity index (χ1n) is 15.5. The summed E-state index contributed by atoms with van der Waals surface area (Å²) in [5.41, 5.74) is 3.48. The number of imidazole rings is 1. The van der Waals surface area contributed by atoms with Crippen LogP contribution < -0.4 is 5.32 Å². The van der Waals surface area contributed by atoms with Crippen molar-refractivity contribution in [3.05, 3.63) is 53.1 Å². The van der Waals surface area contributed by atoms with E-state index in [1.165, 1.54) is 5.57 Å². The van der Waals surface area contributed by atoms with Crippen molar-refractivity contribution in [3.8, 4) is 6.07 Å². The highest BCUT2D eigenvalue weighted by Gasteiger charge is 2.32. The number of likely N-dealkylation sites (tertiary alicyclic amines) is 1. The Labute approximate surface area is 257 Å². The van der Waals surface area contributed by atoms with Crippen molar-refractivity contribution < 1.29 is 19.1 Å². The highest BCUT2D eigenvalue weighted by atomic mass is 28.3. The van der Waals surface area contributed by atoms with Crippen molar-refractivity contribution in [2.45, 2.75) is 110 Å². The number of rotatable bonds is 9. The molecule has 9 nitrogen and oxygen atoms in total. The number of benzene rings is 1. The zero-order chi connectivity index (χ0) is 31.2. The molecule has 2 aliphatic rings. The summed E-state index contributed by atoms with van der Waals surface area (Å²) in [5, 5.41) is 12.6. The van der Waals surface area contributed by atoms with E-state index >= 15 is 0 Å². The normalized spacial score (nSPS) is 17.7. The number of nitrogens with one attached hydrogen (secondary N) is 1. The third-order valence-corrected chi connectivity index (χ3v) is 9.47. The summed E-state index contributed by atoms with van der Waals surface area (Å²) in [4.78, 5) is 32.9. The minimum absolute atomic E-state index is 0.0957. The lowest BCUT2D eigenvalue weighted by Crippen LogP contribution is -2.41. The lowest BCUT2D eigenvalue weighted by molar-refractivity contribution is 0.00950. The van der Waals surface area contributed by atoms with Crippen LogP contribution in [0.5, 0.6) is 0 Å². The van der Waals surface area contributed by atoms with Crippen LogP contribution in [0.4, 0.5) is 10.5 Å². The minimum Gasteiger partial charge on any atom is -0.444 e. The molecule has 2 aromatic rings. The first kappa shape index (κ1) is 32.5. The number of carbonyl (C=O) groups excluding carboxylic acids is 2. The van der Waals surface area contributed by atoms with E-state index in [-0.39, 0.29) is 30.4 Å². The molecule has 1 saturated heterocycles. The minimum atomic E-state index is -1.26. The van der Waals surface area contributed by atoms with E-state index in [0.29, 0.717) is 18.8 Å². The first-order valence-corrected chi connectivity index (χ1v) is 19.2. The van der Waals surface area contributed by atoms with Crippen LogP contribution in [0.15, 0.2) is 30.5 Å². The SMILES string of the molecule is CC(C)(C)OC(=O)N1CCCCC1c1ccc(NC(=O)c2nc(C#N)cn2COCC[Si](C)(C)C)c(C2=CCCCC2)c1. The Morgan fingerprint density at radius 3 is 2.63 bits per heavy atom. The van der Waals surface area contributed by atoms with E-state index in [0.717, 1.165) is 62.1 Å². The first-order chi connectivity index (χ1) is 20.3. The van der Waals surface area contributed by atoms with Crippen molar-refractivity contribution >= 4 is 31.3 Å². The average molecular weight is 606 g/mol. The molecule has 1 aromatic carbocycles. The fraction of sp³-hybridized carbons (Fsp3) is 0.576. The van der Waals surface area contributed by atoms with E-state index < -0.39 is 19.6 Å². The van der Waals surface area contributed by atoms with Gasteiger partial charge in [0.05, 0.1) is 6.04 Å². The molecule has 1 aliphatic heterocycles. The molecule has 0 saturated carbocycles. The molecule has 1 unspecified atom stereocenters. The molecule has 10 heteroatoms. The number of hydrogen-bond donors (Lipinski definition) is 1. The van der Waals surface area contributed by atoms with Gasteiger partial charge in [-0.05, 0) is 95.0 Å². The second kappa shape index (κ2) is 13.9. The maximum absolute atomic E-state index is 13.6. The third-order valence-electron chi connectivity index (χ3n) is 7.77. The summed E-state index contributed by atoms with van der Waals surface area (Å²) in [6, 6.07) is 9.02. The lowest BCUT2D eigenvalue weighted by Gasteiger charge is -2.37. The monoisotopic (exact) mass is 605 g/mol. The van der Waals surface area contributed by atoms with Crippen molar-refractivity contribution in [2.75, 3.05) is 18.5 Å². The van der Waals surface area contributed by atoms with Crippen LogP contribution in [0.2, 0.25) is 25.7 Å². The summed E-state index contributed by atoms with van der Waals surface area (Å²) in [7, 11) is -1.26. The van der Waals surface area contributed by atoms with Gasteiger partial charge in [0.25, 0.3) is 5.91 Å². The number of hydrogen-bond acceptors (Lipinski definition) is 6. The molecule has 2 heterocycles. The molecule has 0 radical (unpaired) electrons. The molecule has 43 heavy (non-hydrogen) atoms. The Balaban J connectivity index is 1.61. The fourth-order valence-electron chi connectivity index (χ4n) is 5.51. The molecular weight excluding hydrogens is 558 g/mol. The van der Waals surface area contributed by atoms with E-state index in [2.05, 4.69) is 42.1 Å². The van der Waals surface area contributed by atoms with Gasteiger partial charge in [-0.2, -0.15) is 5.26 Å². The molecule has 1 atom stereocenters. The van der Waals surface area contributed by atoms with Gasteiger partial charge in [0.2, 0.25) is 5.82 Å². The van der Waals surface area contributed by atoms with Crippen LogP contribution >= 0.6 is 0 Å². The van der Waals surface area contributed by atoms with Gasteiger partial charge in [0.1, 0.15) is 18.4 Å². The molecule has 1 aliphatic carbocycles. The maximum atomic E-state index is 13.6. The van der Waals surface area contributed by atoms with Gasteiger partial charge in [-0.25, -0.2) is 9.78 Å². The summed E-state index contributed by atoms with van der Waals surface area (Å²) in [6.45, 7) is 13.9. The van der Waals surface area contributed by atoms with Gasteiger partial charge in [-0.15, -0.1) is 0 Å². The van der Waals surface area contributed by atoms with Crippen molar-refractivity contribution in [1.29, 1.82) is 5.26 Å². The van der Waals surface area contributed by atoms with Crippen LogP contribution in [0.25, 0.3) is 5.57 Å². The number of nitrogens with zero attached hydrogens (tertiary/aromatic N) is 4. The zero-order valence-corrected chi connectivity index (χ0v) is 27.7. The number of anilines is 1. The highest BCUT2D eigenvalue weighted by Crippen LogP contribution is 2.38. The van der Waals surface area contributed by atoms with Gasteiger partial charge in [-0.3, -0.25) is 4.79 Å². The van der Waals surface area contributed by atoms with Crippen molar-refractivity contribution in [3.63, 3.8) is 0 Å². The Bertz CT molecular complexity index is 1380. The Kier molecular flexibility index (Phi) is 10.5. The second-order valence-electron chi connectivity index (χ2n) is 13.8. The molecule has 0 bridgehead atoms. The predicted octanol–water partition coefficient (Wildman–Crippen LogP) is 7.74. The topological polar surface area (TPSA) is 109 Å². The highest BCUT2D eigenvalue weighted by molar-refractivity contribution is 6.76. The number of ether oxygens (including phenoxy) is 2. The van der Waals surface area contributed by atoms with Crippen LogP contribution in [0, 0.1) is 11.3 Å². The number of amides is 2. The second-order valence-corrected chi connectivity index (χ2v) is 19.4. The maximum Gasteiger partial charge on any atom is 0.410 e. The Morgan fingerprint density at radius 2 is 1.95 bits per heavy atom. The number of allylic oxidation sites excluding steroid dienone is 2. The number of nitriles is 1. The summed E-state index contributed by atoms with van der Waals surface area (Å²) >= 11 is 0. The van der Waals surface area contributed by atoms with Crippen LogP contribution in [-0.2, 0) is 16.2 Å². The van der Waals surface area contributed by atoms with Gasteiger partial charge < -0.3 is 24.3 Å². The summed E-state index contributed by atoms with van der Waals surface area (Å²) in [5.74, 6) is -0.255. The van der Waals surface area contributed by atoms with Crippen molar-refractivity contribution in [2.24, 2.45) is 0 Å². The summed E-state index contributed by atoms with van der Waals surface area (Å²) < 4.78 is 13.2. The van der Waals surface area contributed by atoms with Gasteiger partial charge in [0.15, 0.2) is 5.69 Å². The average Bonchev–Trinajstić information content (AvgIpc) is 3.38. The van der Waals surface area contributed by atoms with Crippen LogP contribution in [-0.4, -0.2) is 53.3 Å². The van der Waals surface area contributed by atoms with Gasteiger partial charge in [0, 0.05) is 38.7 Å². The molecule has 232 valence electrons. The number of piperidine rings is 1. The van der Waals surface area contributed by atoms with Crippen molar-refractivity contribution in [1.82, 2.24) is 14.5 Å². The van der Waals surface area contributed by atoms with E-state index in [4.69, 9.17) is 9.47 Å². The zero-order valence-electron chi connectivity index (χ0n) is 26.7. The standard InChI is InChI=1S/C33H47N5O4Si/c1-33(2,3)42-32(40)38-17-11-10-14-29(38)25-15-16-28(27(20-25)24-12-8-7-9-13-24)36-31(39)30-35-26(21-34)22-37(30)23-41-18-19-43(4,5)6/h12,15-16,20,22,29H,7-11,13-14,17-19,23H2,1-6H3,(H,36,39).